The third-order valence-electron chi connectivity index (χ3n) is 1.69. The van der Waals surface area contributed by atoms with Crippen molar-refractivity contribution in [2.45, 2.75) is 6.42 Å². The largest absolute Gasteiger partial charge is 0.378 e. The van der Waals surface area contributed by atoms with Crippen molar-refractivity contribution in [2.24, 2.45) is 10.1 Å². The lowest BCUT2D eigenvalue weighted by molar-refractivity contribution is -0.118. The second-order valence-electron chi connectivity index (χ2n) is 2.69. The van der Waals surface area contributed by atoms with Gasteiger partial charge in [0.15, 0.2) is 5.17 Å². The molecular weight excluding hydrogens is 190 g/mol. The van der Waals surface area contributed by atoms with Gasteiger partial charge in [-0.15, -0.1) is 0 Å². The van der Waals surface area contributed by atoms with Gasteiger partial charge in [0.2, 0.25) is 5.91 Å². The van der Waals surface area contributed by atoms with Crippen molar-refractivity contribution in [3.63, 3.8) is 0 Å². The lowest BCUT2D eigenvalue weighted by Crippen LogP contribution is -2.27. The lowest BCUT2D eigenvalue weighted by atomic mass is 10.4. The maximum atomic E-state index is 11.0. The van der Waals surface area contributed by atoms with Crippen molar-refractivity contribution in [1.29, 1.82) is 0 Å². The molecule has 2 heterocycles. The summed E-state index contributed by atoms with van der Waals surface area (Å²) in [6, 6.07) is 0. The van der Waals surface area contributed by atoms with Crippen molar-refractivity contribution < 1.29 is 9.53 Å². The van der Waals surface area contributed by atoms with Crippen LogP contribution < -0.4 is 0 Å². The molecule has 0 bridgehead atoms. The van der Waals surface area contributed by atoms with Crippen molar-refractivity contribution in [3.05, 3.63) is 0 Å². The fourth-order valence-corrected chi connectivity index (χ4v) is 2.04. The summed E-state index contributed by atoms with van der Waals surface area (Å²) in [5.74, 6) is -0.0624. The van der Waals surface area contributed by atoms with Crippen molar-refractivity contribution in [2.75, 3.05) is 20.3 Å². The molecule has 0 unspecified atom stereocenters. The summed E-state index contributed by atoms with van der Waals surface area (Å²) in [7, 11) is 1.62. The van der Waals surface area contributed by atoms with E-state index >= 15 is 0 Å². The van der Waals surface area contributed by atoms with Gasteiger partial charge in [0.25, 0.3) is 0 Å². The van der Waals surface area contributed by atoms with Gasteiger partial charge in [0.05, 0.1) is 13.2 Å². The molecule has 2 rings (SSSR count). The number of methoxy groups -OCH3 is 1. The Labute approximate surface area is 79.8 Å². The van der Waals surface area contributed by atoms with Crippen molar-refractivity contribution >= 4 is 27.9 Å². The second kappa shape index (κ2) is 3.47. The maximum absolute atomic E-state index is 11.0. The minimum atomic E-state index is -0.0624. The summed E-state index contributed by atoms with van der Waals surface area (Å²) in [6.45, 7) is 1.12. The molecule has 0 aromatic carbocycles. The Morgan fingerprint density at radius 1 is 1.69 bits per heavy atom. The second-order valence-corrected chi connectivity index (χ2v) is 3.73. The predicted octanol–water partition coefficient (Wildman–Crippen LogP) is 0.281. The summed E-state index contributed by atoms with van der Waals surface area (Å²) >= 11 is 1.40. The number of amidine groups is 1. The molecule has 0 saturated heterocycles. The average Bonchev–Trinajstić information content (AvgIpc) is 2.46. The summed E-state index contributed by atoms with van der Waals surface area (Å²) in [4.78, 5) is 14.8. The van der Waals surface area contributed by atoms with E-state index in [0.29, 0.717) is 24.7 Å². The van der Waals surface area contributed by atoms with Crippen LogP contribution in [0.3, 0.4) is 0 Å². The number of ether oxygens (including phenoxy) is 1. The molecule has 2 aliphatic heterocycles. The quantitative estimate of drug-likeness (QED) is 0.641. The third kappa shape index (κ3) is 1.73. The normalized spacial score (nSPS) is 21.3. The molecule has 0 saturated carbocycles. The predicted molar refractivity (Wildman–Crippen MR) is 50.7 cm³/mol. The van der Waals surface area contributed by atoms with Crippen LogP contribution in [0.5, 0.6) is 0 Å². The number of aliphatic imine (C=N–C) groups is 1. The van der Waals surface area contributed by atoms with Crippen LogP contribution >= 0.6 is 11.8 Å². The van der Waals surface area contributed by atoms with Gasteiger partial charge in [0, 0.05) is 13.5 Å². The van der Waals surface area contributed by atoms with Gasteiger partial charge in [-0.2, -0.15) is 10.1 Å². The van der Waals surface area contributed by atoms with Gasteiger partial charge in [-0.05, 0) is 11.8 Å². The van der Waals surface area contributed by atoms with Crippen LogP contribution in [0.2, 0.25) is 0 Å². The third-order valence-corrected chi connectivity index (χ3v) is 2.61. The zero-order chi connectivity index (χ0) is 9.26. The van der Waals surface area contributed by atoms with Crippen molar-refractivity contribution in [1.82, 2.24) is 5.01 Å². The van der Waals surface area contributed by atoms with E-state index in [1.54, 1.807) is 12.1 Å². The summed E-state index contributed by atoms with van der Waals surface area (Å²) in [6.07, 6.45) is 0.452. The van der Waals surface area contributed by atoms with E-state index in [2.05, 4.69) is 10.1 Å². The van der Waals surface area contributed by atoms with E-state index in [4.69, 9.17) is 4.74 Å². The van der Waals surface area contributed by atoms with Crippen LogP contribution in [0, 0.1) is 0 Å². The number of carbonyl (C=O) groups excluding carboxylic acids is 1. The first-order valence-electron chi connectivity index (χ1n) is 3.93. The van der Waals surface area contributed by atoms with Crippen molar-refractivity contribution in [3.8, 4) is 0 Å². The van der Waals surface area contributed by atoms with E-state index in [1.807, 2.05) is 0 Å². The molecule has 6 heteroatoms. The maximum Gasteiger partial charge on any atom is 0.250 e. The molecule has 0 aliphatic carbocycles. The molecule has 0 aromatic heterocycles. The number of thioether (sulfide) groups is 1. The molecule has 0 fully saturated rings. The Hall–Kier alpha value is -0.880. The first-order chi connectivity index (χ1) is 6.29. The zero-order valence-electron chi connectivity index (χ0n) is 7.19. The number of rotatable bonds is 2. The first kappa shape index (κ1) is 8.71. The Morgan fingerprint density at radius 2 is 2.54 bits per heavy atom. The average molecular weight is 199 g/mol. The molecule has 1 amide bonds. The van der Waals surface area contributed by atoms with Crippen LogP contribution in [0.15, 0.2) is 10.1 Å². The monoisotopic (exact) mass is 199 g/mol. The topological polar surface area (TPSA) is 54.3 Å². The molecule has 70 valence electrons. The van der Waals surface area contributed by atoms with Gasteiger partial charge in [-0.1, -0.05) is 0 Å². The number of fused-ring (bicyclic) bond motifs is 1. The molecule has 0 radical (unpaired) electrons. The van der Waals surface area contributed by atoms with Crippen LogP contribution in [-0.4, -0.2) is 41.4 Å². The molecule has 0 atom stereocenters. The Kier molecular flexibility index (Phi) is 2.32. The van der Waals surface area contributed by atoms with E-state index in [1.165, 1.54) is 11.8 Å². The zero-order valence-corrected chi connectivity index (χ0v) is 8.00. The standard InChI is InChI=1S/C7H9N3O2S/c1-12-4-6-9-10-3-2-5(11)8-7(10)13-6/h2-4H2,1H3. The molecular formula is C7H9N3O2S. The van der Waals surface area contributed by atoms with Crippen LogP contribution in [0.1, 0.15) is 6.42 Å². The highest BCUT2D eigenvalue weighted by atomic mass is 32.2. The molecule has 13 heavy (non-hydrogen) atoms. The van der Waals surface area contributed by atoms with Gasteiger partial charge in [-0.3, -0.25) is 4.79 Å². The number of carbonyl (C=O) groups is 1. The van der Waals surface area contributed by atoms with Crippen LogP contribution in [0.25, 0.3) is 0 Å². The number of hydrazone groups is 1. The molecule has 0 aromatic rings. The fraction of sp³-hybridized carbons (Fsp3) is 0.571. The molecule has 2 aliphatic rings. The lowest BCUT2D eigenvalue weighted by Gasteiger charge is -2.16. The first-order valence-corrected chi connectivity index (χ1v) is 4.74. The molecule has 0 spiro atoms. The van der Waals surface area contributed by atoms with E-state index in [-0.39, 0.29) is 5.91 Å². The number of nitrogens with zero attached hydrogens (tertiary/aromatic N) is 3. The smallest absolute Gasteiger partial charge is 0.250 e. The van der Waals surface area contributed by atoms with E-state index in [0.717, 1.165) is 5.04 Å². The summed E-state index contributed by atoms with van der Waals surface area (Å²) < 4.78 is 4.94. The summed E-state index contributed by atoms with van der Waals surface area (Å²) in [5, 5.41) is 7.53. The number of hydrogen-bond donors (Lipinski definition) is 0. The van der Waals surface area contributed by atoms with Crippen LogP contribution in [0.4, 0.5) is 0 Å². The highest BCUT2D eigenvalue weighted by Gasteiger charge is 2.27. The Morgan fingerprint density at radius 3 is 3.31 bits per heavy atom. The Balaban J connectivity index is 2.11. The van der Waals surface area contributed by atoms with Gasteiger partial charge in [0.1, 0.15) is 5.04 Å². The van der Waals surface area contributed by atoms with Gasteiger partial charge in [-0.25, -0.2) is 5.01 Å². The van der Waals surface area contributed by atoms with E-state index in [9.17, 15) is 4.79 Å². The molecule has 5 nitrogen and oxygen atoms in total. The summed E-state index contributed by atoms with van der Waals surface area (Å²) in [5.41, 5.74) is 0. The van der Waals surface area contributed by atoms with Gasteiger partial charge >= 0.3 is 0 Å². The minimum Gasteiger partial charge on any atom is -0.378 e. The van der Waals surface area contributed by atoms with Gasteiger partial charge < -0.3 is 4.74 Å². The highest BCUT2D eigenvalue weighted by Crippen LogP contribution is 2.23. The molecule has 0 N–H and O–H groups in total. The number of hydrogen-bond acceptors (Lipinski definition) is 5. The fourth-order valence-electron chi connectivity index (χ4n) is 1.13. The van der Waals surface area contributed by atoms with Crippen LogP contribution in [-0.2, 0) is 9.53 Å². The Bertz CT molecular complexity index is 300. The van der Waals surface area contributed by atoms with E-state index < -0.39 is 0 Å². The highest BCUT2D eigenvalue weighted by molar-refractivity contribution is 8.26. The number of amides is 1. The minimum absolute atomic E-state index is 0.0624. The SMILES string of the molecule is COCC1=NN2CCC(=O)N=C2S1.